The molecular formula is C90H156N8O14. The van der Waals surface area contributed by atoms with Crippen molar-refractivity contribution in [2.75, 3.05) is 28.2 Å². The maximum atomic E-state index is 11.9. The summed E-state index contributed by atoms with van der Waals surface area (Å²) in [5, 5.41) is 0. The van der Waals surface area contributed by atoms with Crippen molar-refractivity contribution in [3.8, 4) is 0 Å². The van der Waals surface area contributed by atoms with E-state index in [0.717, 1.165) is 37.1 Å². The molecule has 12 atom stereocenters. The standard InChI is InChI=1S/2C12H21NO2.2C12H21NO.2C11H19NO2.2C10H17NO2/c2*1-7(2)6-9-10(8(3)4)12(15)13(5)11(9)14;2*1-7(2)10-9(5)13(6)12(14)11(10)8(3)4;2*1-7(2)5-9-6-10(13)12(8(3)4)11(9)14;2*1-6(2)8-5-9(12)11(7(3)4)10(8)13/h2*7-10H,6H2,1-5H3;2*7-8,10-11H,5H2,1-4,6H3;2*7-9H,5-6H2,1-4H3;2*6-8H,5H2,1-4H3. The summed E-state index contributed by atoms with van der Waals surface area (Å²) in [5.41, 5.74) is 1.98. The van der Waals surface area contributed by atoms with Crippen LogP contribution in [0.5, 0.6) is 0 Å². The Hall–Kier alpha value is -6.74. The van der Waals surface area contributed by atoms with Gasteiger partial charge in [-0.15, -0.1) is 0 Å². The van der Waals surface area contributed by atoms with Crippen molar-refractivity contribution in [2.45, 2.75) is 297 Å². The number of likely N-dealkylation sites (tertiary alicyclic amines) is 8. The molecule has 22 heteroatoms. The lowest BCUT2D eigenvalue weighted by atomic mass is 9.78. The van der Waals surface area contributed by atoms with Crippen LogP contribution in [0.25, 0.3) is 0 Å². The van der Waals surface area contributed by atoms with Crippen LogP contribution in [-0.4, -0.2) is 174 Å². The molecule has 0 aliphatic carbocycles. The van der Waals surface area contributed by atoms with Crippen LogP contribution in [0.15, 0.2) is 24.6 Å². The minimum atomic E-state index is -0.107. The van der Waals surface area contributed by atoms with Crippen LogP contribution in [0.1, 0.15) is 273 Å². The summed E-state index contributed by atoms with van der Waals surface area (Å²) in [6.07, 6.45) is 4.91. The summed E-state index contributed by atoms with van der Waals surface area (Å²) in [7, 11) is 6.87. The van der Waals surface area contributed by atoms with Crippen LogP contribution >= 0.6 is 0 Å². The molecule has 8 rings (SSSR count). The average molecular weight is 1570 g/mol. The summed E-state index contributed by atoms with van der Waals surface area (Å²) < 4.78 is 0. The predicted octanol–water partition coefficient (Wildman–Crippen LogP) is 15.4. The van der Waals surface area contributed by atoms with Gasteiger partial charge in [0.15, 0.2) is 0 Å². The molecule has 8 saturated heterocycles. The highest BCUT2D eigenvalue weighted by Gasteiger charge is 2.51. The van der Waals surface area contributed by atoms with Crippen molar-refractivity contribution in [1.82, 2.24) is 39.2 Å². The number of rotatable bonds is 20. The molecule has 8 fully saturated rings. The number of nitrogens with zero attached hydrogens (tertiary/aromatic N) is 8. The van der Waals surface area contributed by atoms with Crippen LogP contribution < -0.4 is 0 Å². The van der Waals surface area contributed by atoms with Gasteiger partial charge in [-0.1, -0.05) is 179 Å². The zero-order valence-corrected chi connectivity index (χ0v) is 76.5. The molecule has 12 unspecified atom stereocenters. The molecule has 8 aliphatic rings. The highest BCUT2D eigenvalue weighted by Crippen LogP contribution is 2.44. The average Bonchev–Trinajstić information content (AvgIpc) is 1.63. The minimum absolute atomic E-state index is 0.000602. The molecule has 0 radical (unpaired) electrons. The van der Waals surface area contributed by atoms with E-state index in [0.29, 0.717) is 84.9 Å². The van der Waals surface area contributed by atoms with E-state index in [1.54, 1.807) is 23.9 Å². The van der Waals surface area contributed by atoms with E-state index in [2.05, 4.69) is 124 Å². The lowest BCUT2D eigenvalue weighted by Gasteiger charge is -2.23. The van der Waals surface area contributed by atoms with Gasteiger partial charge in [-0.3, -0.25) is 96.5 Å². The summed E-state index contributed by atoms with van der Waals surface area (Å²) >= 11 is 0. The van der Waals surface area contributed by atoms with E-state index in [1.807, 2.05) is 125 Å². The third-order valence-electron chi connectivity index (χ3n) is 23.0. The Morgan fingerprint density at radius 2 is 0.446 bits per heavy atom. The van der Waals surface area contributed by atoms with E-state index in [-0.39, 0.29) is 190 Å². The number of hydrogen-bond acceptors (Lipinski definition) is 14. The van der Waals surface area contributed by atoms with Gasteiger partial charge in [-0.2, -0.15) is 0 Å². The van der Waals surface area contributed by atoms with Crippen LogP contribution in [0.2, 0.25) is 0 Å². The van der Waals surface area contributed by atoms with Crippen LogP contribution in [0.3, 0.4) is 0 Å². The molecule has 0 spiro atoms. The first-order valence-corrected chi connectivity index (χ1v) is 42.2. The number of allylic oxidation sites excluding steroid dienone is 2. The normalized spacial score (nSPS) is 25.7. The monoisotopic (exact) mass is 1570 g/mol. The van der Waals surface area contributed by atoms with Crippen molar-refractivity contribution >= 4 is 82.7 Å². The van der Waals surface area contributed by atoms with Crippen LogP contribution in [-0.2, 0) is 67.1 Å². The first-order valence-electron chi connectivity index (χ1n) is 42.2. The summed E-state index contributed by atoms with van der Waals surface area (Å²) in [5.74, 6) is 5.40. The Bertz CT molecular complexity index is 3010. The molecule has 0 aromatic heterocycles. The van der Waals surface area contributed by atoms with E-state index in [4.69, 9.17) is 0 Å². The number of imide groups is 6. The van der Waals surface area contributed by atoms with Gasteiger partial charge in [0.05, 0.1) is 23.7 Å². The first kappa shape index (κ1) is 103. The van der Waals surface area contributed by atoms with Crippen molar-refractivity contribution in [3.63, 3.8) is 0 Å². The molecule has 0 bridgehead atoms. The Morgan fingerprint density at radius 3 is 0.607 bits per heavy atom. The zero-order valence-electron chi connectivity index (χ0n) is 76.5. The SMILES string of the molecule is C=C1C(C(C)C)C(C(C)C)C(=O)N1C.C=C1C(C(C)C)C(C(C)C)C(=O)N1C.CC(C)C1CC(=O)N(C(C)C)C1=O.CC(C)C1CC(=O)N(C(C)C)C1=O.CC(C)CC1C(=O)N(C)C(=O)C1C(C)C.CC(C)CC1C(=O)N(C)C(=O)C1C(C)C.CC(C)CC1CC(=O)N(C(C)C)C1=O.CC(C)CC1CC(=O)N(C(C)C)C1=O. The number of amides is 14. The van der Waals surface area contributed by atoms with E-state index in [1.165, 1.54) is 29.4 Å². The third kappa shape index (κ3) is 26.7. The molecule has 0 N–H and O–H groups in total. The molecule has 0 aromatic rings. The van der Waals surface area contributed by atoms with Crippen molar-refractivity contribution in [2.24, 2.45) is 142 Å². The fourth-order valence-corrected chi connectivity index (χ4v) is 17.2. The highest BCUT2D eigenvalue weighted by molar-refractivity contribution is 6.07. The molecule has 22 nitrogen and oxygen atoms in total. The molecule has 640 valence electrons. The third-order valence-corrected chi connectivity index (χ3v) is 23.0. The zero-order chi connectivity index (χ0) is 87.7. The lowest BCUT2D eigenvalue weighted by molar-refractivity contribution is -0.143. The smallest absolute Gasteiger partial charge is 0.233 e. The number of hydrogen-bond donors (Lipinski definition) is 0. The van der Waals surface area contributed by atoms with Crippen molar-refractivity contribution < 1.29 is 67.1 Å². The first-order chi connectivity index (χ1) is 51.2. The molecule has 8 aliphatic heterocycles. The quantitative estimate of drug-likeness (QED) is 0.103. The van der Waals surface area contributed by atoms with E-state index < -0.39 is 0 Å². The highest BCUT2D eigenvalue weighted by atomic mass is 16.2. The van der Waals surface area contributed by atoms with Gasteiger partial charge in [0.1, 0.15) is 0 Å². The molecule has 8 heterocycles. The predicted molar refractivity (Wildman–Crippen MR) is 444 cm³/mol. The summed E-state index contributed by atoms with van der Waals surface area (Å²) in [6.45, 7) is 72.9. The molecule has 112 heavy (non-hydrogen) atoms. The largest absolute Gasteiger partial charge is 0.319 e. The second kappa shape index (κ2) is 45.0. The van der Waals surface area contributed by atoms with Gasteiger partial charge >= 0.3 is 0 Å². The number of carbonyl (C=O) groups excluding carboxylic acids is 14. The Kier molecular flexibility index (Phi) is 41.4. The Balaban J connectivity index is 0.000000640. The second-order valence-corrected chi connectivity index (χ2v) is 38.3. The van der Waals surface area contributed by atoms with Gasteiger partial charge in [0.25, 0.3) is 0 Å². The Morgan fingerprint density at radius 1 is 0.241 bits per heavy atom. The topological polar surface area (TPSA) is 265 Å². The Labute approximate surface area is 677 Å². The summed E-state index contributed by atoms with van der Waals surface area (Å²) in [6, 6.07) is 0.0202. The van der Waals surface area contributed by atoms with Crippen molar-refractivity contribution in [3.05, 3.63) is 24.6 Å². The van der Waals surface area contributed by atoms with Gasteiger partial charge in [0, 0.05) is 137 Å². The molecule has 14 amide bonds. The second-order valence-electron chi connectivity index (χ2n) is 38.3. The maximum absolute atomic E-state index is 11.9. The molecule has 0 saturated carbocycles. The van der Waals surface area contributed by atoms with E-state index in [9.17, 15) is 67.1 Å². The van der Waals surface area contributed by atoms with Gasteiger partial charge in [0.2, 0.25) is 82.7 Å². The van der Waals surface area contributed by atoms with Gasteiger partial charge < -0.3 is 9.80 Å². The fourth-order valence-electron chi connectivity index (χ4n) is 17.2. The molecule has 0 aromatic carbocycles. The summed E-state index contributed by atoms with van der Waals surface area (Å²) in [4.78, 5) is 176. The molecular weight excluding hydrogens is 1420 g/mol. The van der Waals surface area contributed by atoms with E-state index >= 15 is 0 Å². The minimum Gasteiger partial charge on any atom is -0.319 e. The lowest BCUT2D eigenvalue weighted by Crippen LogP contribution is -2.37. The van der Waals surface area contributed by atoms with Crippen molar-refractivity contribution in [1.29, 1.82) is 0 Å². The number of carbonyl (C=O) groups is 14. The maximum Gasteiger partial charge on any atom is 0.233 e. The van der Waals surface area contributed by atoms with Crippen LogP contribution in [0, 0.1) is 142 Å². The van der Waals surface area contributed by atoms with Gasteiger partial charge in [-0.25, -0.2) is 0 Å². The van der Waals surface area contributed by atoms with Gasteiger partial charge in [-0.05, 0) is 152 Å². The van der Waals surface area contributed by atoms with Crippen LogP contribution in [0.4, 0.5) is 0 Å². The fraction of sp³-hybridized carbons (Fsp3) is 0.800.